The molecule has 3 heteroatoms. The Balaban J connectivity index is 2.30. The van der Waals surface area contributed by atoms with Crippen molar-refractivity contribution in [3.05, 3.63) is 48.6 Å². The second-order valence-corrected chi connectivity index (χ2v) is 5.22. The van der Waals surface area contributed by atoms with Gasteiger partial charge in [0, 0.05) is 24.7 Å². The lowest BCUT2D eigenvalue weighted by Gasteiger charge is -2.44. The SMILES string of the molecule is C=CCCC(NN)C1(c2ccccc2)CCOCC1. The van der Waals surface area contributed by atoms with Gasteiger partial charge in [-0.25, -0.2) is 0 Å². The highest BCUT2D eigenvalue weighted by molar-refractivity contribution is 5.28. The van der Waals surface area contributed by atoms with E-state index in [0.717, 1.165) is 38.9 Å². The van der Waals surface area contributed by atoms with E-state index in [1.54, 1.807) is 0 Å². The van der Waals surface area contributed by atoms with Gasteiger partial charge in [-0.1, -0.05) is 36.4 Å². The first-order chi connectivity index (χ1) is 9.33. The van der Waals surface area contributed by atoms with E-state index in [2.05, 4.69) is 42.3 Å². The number of ether oxygens (including phenoxy) is 1. The van der Waals surface area contributed by atoms with Crippen molar-refractivity contribution in [2.75, 3.05) is 13.2 Å². The molecule has 1 aromatic carbocycles. The number of hydrogen-bond donors (Lipinski definition) is 2. The van der Waals surface area contributed by atoms with Gasteiger partial charge in [0.05, 0.1) is 0 Å². The Morgan fingerprint density at radius 1 is 1.32 bits per heavy atom. The third kappa shape index (κ3) is 3.06. The van der Waals surface area contributed by atoms with Gasteiger partial charge in [-0.15, -0.1) is 6.58 Å². The molecule has 1 aliphatic rings. The highest BCUT2D eigenvalue weighted by atomic mass is 16.5. The van der Waals surface area contributed by atoms with Crippen LogP contribution in [-0.2, 0) is 10.2 Å². The molecule has 0 amide bonds. The van der Waals surface area contributed by atoms with Gasteiger partial charge in [0.1, 0.15) is 0 Å². The third-order valence-corrected chi connectivity index (χ3v) is 4.26. The van der Waals surface area contributed by atoms with Gasteiger partial charge in [-0.2, -0.15) is 0 Å². The molecule has 2 rings (SSSR count). The minimum Gasteiger partial charge on any atom is -0.381 e. The van der Waals surface area contributed by atoms with Gasteiger partial charge in [0.15, 0.2) is 0 Å². The molecule has 1 aromatic rings. The largest absolute Gasteiger partial charge is 0.381 e. The van der Waals surface area contributed by atoms with Crippen LogP contribution in [0.4, 0.5) is 0 Å². The molecule has 1 fully saturated rings. The van der Waals surface area contributed by atoms with Crippen molar-refractivity contribution in [2.24, 2.45) is 5.84 Å². The van der Waals surface area contributed by atoms with Crippen LogP contribution >= 0.6 is 0 Å². The van der Waals surface area contributed by atoms with E-state index in [1.165, 1.54) is 5.56 Å². The summed E-state index contributed by atoms with van der Waals surface area (Å²) >= 11 is 0. The van der Waals surface area contributed by atoms with Crippen LogP contribution < -0.4 is 11.3 Å². The summed E-state index contributed by atoms with van der Waals surface area (Å²) in [5.74, 6) is 5.84. The smallest absolute Gasteiger partial charge is 0.0475 e. The Morgan fingerprint density at radius 3 is 2.58 bits per heavy atom. The van der Waals surface area contributed by atoms with Crippen LogP contribution in [0.5, 0.6) is 0 Å². The summed E-state index contributed by atoms with van der Waals surface area (Å²) in [7, 11) is 0. The van der Waals surface area contributed by atoms with Gasteiger partial charge in [-0.3, -0.25) is 11.3 Å². The van der Waals surface area contributed by atoms with E-state index in [0.29, 0.717) is 0 Å². The molecule has 0 spiro atoms. The van der Waals surface area contributed by atoms with Crippen LogP contribution in [0.25, 0.3) is 0 Å². The van der Waals surface area contributed by atoms with Crippen LogP contribution in [0.15, 0.2) is 43.0 Å². The number of nitrogens with one attached hydrogen (secondary N) is 1. The first-order valence-corrected chi connectivity index (χ1v) is 7.04. The maximum absolute atomic E-state index is 5.84. The third-order valence-electron chi connectivity index (χ3n) is 4.26. The monoisotopic (exact) mass is 260 g/mol. The lowest BCUT2D eigenvalue weighted by molar-refractivity contribution is 0.0331. The zero-order valence-electron chi connectivity index (χ0n) is 11.5. The van der Waals surface area contributed by atoms with Gasteiger partial charge in [0.2, 0.25) is 0 Å². The molecule has 3 nitrogen and oxygen atoms in total. The average Bonchev–Trinajstić information content (AvgIpc) is 2.50. The Hall–Kier alpha value is -1.16. The molecule has 1 atom stereocenters. The average molecular weight is 260 g/mol. The van der Waals surface area contributed by atoms with Crippen LogP contribution in [0.3, 0.4) is 0 Å². The summed E-state index contributed by atoms with van der Waals surface area (Å²) in [6, 6.07) is 11.0. The predicted octanol–water partition coefficient (Wildman–Crippen LogP) is 2.53. The van der Waals surface area contributed by atoms with Crippen molar-refractivity contribution >= 4 is 0 Å². The molecule has 3 N–H and O–H groups in total. The van der Waals surface area contributed by atoms with Crippen LogP contribution in [0.2, 0.25) is 0 Å². The Bertz CT molecular complexity index is 385. The fraction of sp³-hybridized carbons (Fsp3) is 0.500. The molecule has 1 heterocycles. The molecular formula is C16H24N2O. The first-order valence-electron chi connectivity index (χ1n) is 7.04. The number of allylic oxidation sites excluding steroid dienone is 1. The molecule has 1 unspecified atom stereocenters. The van der Waals surface area contributed by atoms with Crippen molar-refractivity contribution in [1.82, 2.24) is 5.43 Å². The number of hydrazine groups is 1. The number of nitrogens with two attached hydrogens (primary N) is 1. The molecule has 19 heavy (non-hydrogen) atoms. The summed E-state index contributed by atoms with van der Waals surface area (Å²) in [6.07, 6.45) is 5.98. The highest BCUT2D eigenvalue weighted by Crippen LogP contribution is 2.39. The lowest BCUT2D eigenvalue weighted by Crippen LogP contribution is -2.53. The zero-order chi connectivity index (χ0) is 13.6. The summed E-state index contributed by atoms with van der Waals surface area (Å²) in [5.41, 5.74) is 4.49. The van der Waals surface area contributed by atoms with E-state index in [4.69, 9.17) is 10.6 Å². The van der Waals surface area contributed by atoms with Crippen molar-refractivity contribution in [3.63, 3.8) is 0 Å². The van der Waals surface area contributed by atoms with Crippen molar-refractivity contribution in [1.29, 1.82) is 0 Å². The Morgan fingerprint density at radius 2 is 2.00 bits per heavy atom. The standard InChI is InChI=1S/C16H24N2O/c1-2-3-9-15(18-17)16(10-12-19-13-11-16)14-7-5-4-6-8-14/h2,4-8,15,18H,1,3,9-13,17H2. The number of hydrogen-bond acceptors (Lipinski definition) is 3. The first kappa shape index (κ1) is 14.3. The molecule has 0 aromatic heterocycles. The van der Waals surface area contributed by atoms with E-state index in [-0.39, 0.29) is 11.5 Å². The molecule has 0 radical (unpaired) electrons. The van der Waals surface area contributed by atoms with E-state index in [9.17, 15) is 0 Å². The van der Waals surface area contributed by atoms with Crippen LogP contribution in [0, 0.1) is 0 Å². The molecule has 0 saturated carbocycles. The fourth-order valence-corrected chi connectivity index (χ4v) is 3.15. The minimum absolute atomic E-state index is 0.0806. The molecule has 1 aliphatic heterocycles. The lowest BCUT2D eigenvalue weighted by atomic mass is 9.67. The second-order valence-electron chi connectivity index (χ2n) is 5.22. The Labute approximate surface area is 115 Å². The Kier molecular flexibility index (Phi) is 5.14. The van der Waals surface area contributed by atoms with E-state index < -0.39 is 0 Å². The zero-order valence-corrected chi connectivity index (χ0v) is 11.5. The topological polar surface area (TPSA) is 47.3 Å². The van der Waals surface area contributed by atoms with Gasteiger partial charge >= 0.3 is 0 Å². The predicted molar refractivity (Wildman–Crippen MR) is 78.7 cm³/mol. The maximum Gasteiger partial charge on any atom is 0.0475 e. The number of benzene rings is 1. The summed E-state index contributed by atoms with van der Waals surface area (Å²) in [6.45, 7) is 5.43. The van der Waals surface area contributed by atoms with Crippen molar-refractivity contribution < 1.29 is 4.74 Å². The van der Waals surface area contributed by atoms with Crippen molar-refractivity contribution in [3.8, 4) is 0 Å². The minimum atomic E-state index is 0.0806. The molecule has 0 aliphatic carbocycles. The highest BCUT2D eigenvalue weighted by Gasteiger charge is 2.40. The summed E-state index contributed by atoms with van der Waals surface area (Å²) in [4.78, 5) is 0. The molecular weight excluding hydrogens is 236 g/mol. The molecule has 1 saturated heterocycles. The van der Waals surface area contributed by atoms with Gasteiger partial charge in [-0.05, 0) is 31.2 Å². The summed E-state index contributed by atoms with van der Waals surface area (Å²) in [5, 5.41) is 0. The summed E-state index contributed by atoms with van der Waals surface area (Å²) < 4.78 is 5.56. The van der Waals surface area contributed by atoms with Crippen molar-refractivity contribution in [2.45, 2.75) is 37.1 Å². The fourth-order valence-electron chi connectivity index (χ4n) is 3.15. The van der Waals surface area contributed by atoms with Gasteiger partial charge < -0.3 is 4.74 Å². The molecule has 0 bridgehead atoms. The quantitative estimate of drug-likeness (QED) is 0.469. The number of rotatable bonds is 6. The normalized spacial score (nSPS) is 19.8. The van der Waals surface area contributed by atoms with Crippen LogP contribution in [-0.4, -0.2) is 19.3 Å². The van der Waals surface area contributed by atoms with Crippen LogP contribution in [0.1, 0.15) is 31.2 Å². The van der Waals surface area contributed by atoms with E-state index in [1.807, 2.05) is 6.08 Å². The molecule has 104 valence electrons. The van der Waals surface area contributed by atoms with E-state index >= 15 is 0 Å². The maximum atomic E-state index is 5.84. The van der Waals surface area contributed by atoms with Gasteiger partial charge in [0.25, 0.3) is 0 Å². The second kappa shape index (κ2) is 6.85.